The Balaban J connectivity index is 1.28. The van der Waals surface area contributed by atoms with Gasteiger partial charge in [-0.15, -0.1) is 0 Å². The van der Waals surface area contributed by atoms with Crippen LogP contribution in [0.1, 0.15) is 52.9 Å². The van der Waals surface area contributed by atoms with Gasteiger partial charge >= 0.3 is 6.18 Å². The molecule has 0 atom stereocenters. The molecule has 1 aliphatic rings. The Kier molecular flexibility index (Phi) is 7.35. The molecule has 12 heteroatoms. The van der Waals surface area contributed by atoms with Gasteiger partial charge in [-0.3, -0.25) is 9.48 Å². The molecule has 2 aromatic heterocycles. The van der Waals surface area contributed by atoms with Crippen molar-refractivity contribution in [1.82, 2.24) is 15.1 Å². The minimum absolute atomic E-state index is 0.00348. The normalized spacial score (nSPS) is 13.8. The fourth-order valence-corrected chi connectivity index (χ4v) is 4.13. The molecule has 3 aromatic rings. The highest BCUT2D eigenvalue weighted by Crippen LogP contribution is 2.46. The number of alkyl halides is 3. The number of benzene rings is 1. The molecule has 1 fully saturated rings. The van der Waals surface area contributed by atoms with Crippen molar-refractivity contribution in [1.29, 1.82) is 0 Å². The molecule has 2 heterocycles. The zero-order valence-electron chi connectivity index (χ0n) is 17.6. The number of ether oxygens (including phenoxy) is 1. The predicted molar refractivity (Wildman–Crippen MR) is 121 cm³/mol. The third-order valence-electron chi connectivity index (χ3n) is 5.17. The summed E-state index contributed by atoms with van der Waals surface area (Å²) in [6.45, 7) is 0.449. The van der Waals surface area contributed by atoms with Crippen LogP contribution in [-0.4, -0.2) is 22.2 Å². The molecule has 0 bridgehead atoms. The average molecular weight is 537 g/mol. The minimum Gasteiger partial charge on any atom is -0.484 e. The smallest absolute Gasteiger partial charge is 0.436 e. The van der Waals surface area contributed by atoms with Gasteiger partial charge in [-0.05, 0) is 43.5 Å². The molecule has 182 valence electrons. The van der Waals surface area contributed by atoms with E-state index in [0.717, 1.165) is 12.8 Å². The van der Waals surface area contributed by atoms with Gasteiger partial charge in [0.05, 0.1) is 15.7 Å². The molecule has 1 aliphatic carbocycles. The third kappa shape index (κ3) is 5.64. The second kappa shape index (κ2) is 10.1. The fraction of sp³-hybridized carbons (Fsp3) is 0.364. The molecule has 6 nitrogen and oxygen atoms in total. The maximum atomic E-state index is 13.1. The molecule has 0 unspecified atom stereocenters. The number of nitrogens with one attached hydrogen (secondary N) is 1. The first kappa shape index (κ1) is 24.8. The van der Waals surface area contributed by atoms with Gasteiger partial charge in [0.2, 0.25) is 0 Å². The zero-order chi connectivity index (χ0) is 24.5. The Bertz CT molecular complexity index is 1190. The van der Waals surface area contributed by atoms with Crippen molar-refractivity contribution < 1.29 is 27.1 Å². The summed E-state index contributed by atoms with van der Waals surface area (Å²) in [7, 11) is 0. The van der Waals surface area contributed by atoms with E-state index >= 15 is 0 Å². The Labute approximate surface area is 207 Å². The summed E-state index contributed by atoms with van der Waals surface area (Å²) in [5.74, 6) is 0.409. The number of aryl methyl sites for hydroxylation is 1. The lowest BCUT2D eigenvalue weighted by Gasteiger charge is -2.08. The van der Waals surface area contributed by atoms with E-state index in [9.17, 15) is 18.0 Å². The van der Waals surface area contributed by atoms with Crippen LogP contribution in [-0.2, 0) is 19.3 Å². The number of carbonyl (C=O) groups is 1. The summed E-state index contributed by atoms with van der Waals surface area (Å²) in [6.07, 6.45) is -2.68. The van der Waals surface area contributed by atoms with Gasteiger partial charge in [0.25, 0.3) is 5.91 Å². The van der Waals surface area contributed by atoms with Gasteiger partial charge in [0.15, 0.2) is 11.5 Å². The number of hydrogen-bond donors (Lipinski definition) is 1. The number of nitrogens with zero attached hydrogens (tertiary/aromatic N) is 2. The number of amides is 1. The van der Waals surface area contributed by atoms with Crippen LogP contribution < -0.4 is 10.1 Å². The van der Waals surface area contributed by atoms with Crippen molar-refractivity contribution in [3.63, 3.8) is 0 Å². The molecule has 0 aliphatic heterocycles. The zero-order valence-corrected chi connectivity index (χ0v) is 19.9. The second-order valence-electron chi connectivity index (χ2n) is 7.76. The van der Waals surface area contributed by atoms with E-state index < -0.39 is 17.8 Å². The van der Waals surface area contributed by atoms with E-state index in [-0.39, 0.29) is 41.4 Å². The number of rotatable bonds is 9. The summed E-state index contributed by atoms with van der Waals surface area (Å²) in [4.78, 5) is 12.3. The van der Waals surface area contributed by atoms with Crippen LogP contribution in [0.15, 0.2) is 34.7 Å². The molecule has 1 amide bonds. The Morgan fingerprint density at radius 3 is 2.65 bits per heavy atom. The van der Waals surface area contributed by atoms with Gasteiger partial charge in [0, 0.05) is 19.0 Å². The molecule has 4 rings (SSSR count). The van der Waals surface area contributed by atoms with E-state index in [0.29, 0.717) is 28.6 Å². The van der Waals surface area contributed by atoms with E-state index in [4.69, 9.17) is 44.0 Å². The lowest BCUT2D eigenvalue weighted by Crippen LogP contribution is -2.25. The van der Waals surface area contributed by atoms with Gasteiger partial charge in [-0.2, -0.15) is 18.3 Å². The molecule has 1 saturated carbocycles. The first-order valence-corrected chi connectivity index (χ1v) is 11.6. The number of halogens is 6. The minimum atomic E-state index is -4.61. The molecular formula is C22H19Cl3F3N3O3. The first-order chi connectivity index (χ1) is 16.1. The van der Waals surface area contributed by atoms with Gasteiger partial charge < -0.3 is 14.5 Å². The van der Waals surface area contributed by atoms with Crippen LogP contribution in [0, 0.1) is 0 Å². The van der Waals surface area contributed by atoms with E-state index in [1.807, 2.05) is 0 Å². The van der Waals surface area contributed by atoms with E-state index in [1.54, 1.807) is 24.3 Å². The third-order valence-corrected chi connectivity index (χ3v) is 6.34. The Morgan fingerprint density at radius 2 is 1.94 bits per heavy atom. The quantitative estimate of drug-likeness (QED) is 0.308. The van der Waals surface area contributed by atoms with Crippen LogP contribution >= 0.6 is 34.8 Å². The SMILES string of the molecule is O=C(NCCCn1nc(C(F)(F)F)c(Cl)c1C1CC1)c1ccc(COc2cccc(Cl)c2Cl)o1. The van der Waals surface area contributed by atoms with Crippen LogP contribution in [0.5, 0.6) is 5.75 Å². The van der Waals surface area contributed by atoms with Gasteiger partial charge in [0.1, 0.15) is 23.1 Å². The number of carbonyl (C=O) groups excluding carboxylic acids is 1. The molecule has 1 aromatic carbocycles. The van der Waals surface area contributed by atoms with Crippen molar-refractivity contribution in [2.45, 2.75) is 44.5 Å². The summed E-state index contributed by atoms with van der Waals surface area (Å²) >= 11 is 18.0. The lowest BCUT2D eigenvalue weighted by molar-refractivity contribution is -0.141. The highest BCUT2D eigenvalue weighted by atomic mass is 35.5. The monoisotopic (exact) mass is 535 g/mol. The van der Waals surface area contributed by atoms with Crippen molar-refractivity contribution in [2.24, 2.45) is 0 Å². The molecule has 0 saturated heterocycles. The van der Waals surface area contributed by atoms with E-state index in [2.05, 4.69) is 10.4 Å². The number of furan rings is 1. The molecule has 0 spiro atoms. The maximum absolute atomic E-state index is 13.1. The highest BCUT2D eigenvalue weighted by molar-refractivity contribution is 6.42. The summed E-state index contributed by atoms with van der Waals surface area (Å²) in [6, 6.07) is 8.08. The van der Waals surface area contributed by atoms with Crippen molar-refractivity contribution in [3.8, 4) is 5.75 Å². The second-order valence-corrected chi connectivity index (χ2v) is 8.92. The molecule has 1 N–H and O–H groups in total. The number of aromatic nitrogens is 2. The first-order valence-electron chi connectivity index (χ1n) is 10.4. The largest absolute Gasteiger partial charge is 0.484 e. The molecule has 34 heavy (non-hydrogen) atoms. The van der Waals surface area contributed by atoms with Gasteiger partial charge in [-0.25, -0.2) is 0 Å². The van der Waals surface area contributed by atoms with Crippen molar-refractivity contribution in [2.75, 3.05) is 6.54 Å². The Hall–Kier alpha value is -2.36. The van der Waals surface area contributed by atoms with Crippen molar-refractivity contribution in [3.05, 3.63) is 68.3 Å². The standard InChI is InChI=1S/C22H19Cl3F3N3O3/c23-14-3-1-4-15(17(14)24)33-11-13-7-8-16(34-13)21(32)29-9-2-10-31-19(12-5-6-12)18(25)20(30-31)22(26,27)28/h1,3-4,7-8,12H,2,5-6,9-11H2,(H,29,32). The molecular weight excluding hydrogens is 518 g/mol. The summed E-state index contributed by atoms with van der Waals surface area (Å²) < 4.78 is 51.8. The number of hydrogen-bond acceptors (Lipinski definition) is 4. The highest BCUT2D eigenvalue weighted by Gasteiger charge is 2.41. The van der Waals surface area contributed by atoms with Crippen LogP contribution in [0.2, 0.25) is 15.1 Å². The topological polar surface area (TPSA) is 69.3 Å². The predicted octanol–water partition coefficient (Wildman–Crippen LogP) is 6.73. The van der Waals surface area contributed by atoms with Crippen LogP contribution in [0.3, 0.4) is 0 Å². The fourth-order valence-electron chi connectivity index (χ4n) is 3.39. The van der Waals surface area contributed by atoms with Crippen molar-refractivity contribution >= 4 is 40.7 Å². The average Bonchev–Trinajstić information content (AvgIpc) is 3.39. The van der Waals surface area contributed by atoms with Crippen LogP contribution in [0.25, 0.3) is 0 Å². The maximum Gasteiger partial charge on any atom is 0.436 e. The lowest BCUT2D eigenvalue weighted by atomic mass is 10.2. The Morgan fingerprint density at radius 1 is 1.18 bits per heavy atom. The van der Waals surface area contributed by atoms with E-state index in [1.165, 1.54) is 10.7 Å². The summed E-state index contributed by atoms with van der Waals surface area (Å²) in [5.41, 5.74) is -0.653. The summed E-state index contributed by atoms with van der Waals surface area (Å²) in [5, 5.41) is 6.66. The van der Waals surface area contributed by atoms with Gasteiger partial charge in [-0.1, -0.05) is 40.9 Å². The molecule has 0 radical (unpaired) electrons. The van der Waals surface area contributed by atoms with Crippen LogP contribution in [0.4, 0.5) is 13.2 Å².